The molecule has 0 fully saturated rings. The fourth-order valence-electron chi connectivity index (χ4n) is 3.29. The molecule has 1 N–H and O–H groups in total. The van der Waals surface area contributed by atoms with E-state index in [1.54, 1.807) is 36.0 Å². The molecule has 0 bridgehead atoms. The van der Waals surface area contributed by atoms with Gasteiger partial charge in [0.2, 0.25) is 5.91 Å². The van der Waals surface area contributed by atoms with Crippen molar-refractivity contribution in [2.24, 2.45) is 0 Å². The Morgan fingerprint density at radius 3 is 2.61 bits per heavy atom. The Morgan fingerprint density at radius 2 is 1.84 bits per heavy atom. The van der Waals surface area contributed by atoms with Gasteiger partial charge in [-0.25, -0.2) is 4.68 Å². The van der Waals surface area contributed by atoms with Crippen LogP contribution in [-0.2, 0) is 11.3 Å². The molecule has 1 aromatic heterocycles. The van der Waals surface area contributed by atoms with Crippen LogP contribution in [0, 0.1) is 10.1 Å². The normalized spacial score (nSPS) is 11.9. The first-order valence-electron chi connectivity index (χ1n) is 9.72. The van der Waals surface area contributed by atoms with Crippen molar-refractivity contribution in [3.05, 3.63) is 94.7 Å². The molecular weight excluding hydrogens is 412 g/mol. The van der Waals surface area contributed by atoms with Crippen molar-refractivity contribution in [1.82, 2.24) is 9.78 Å². The summed E-state index contributed by atoms with van der Waals surface area (Å²) in [6.07, 6.45) is 1.66. The molecule has 0 saturated heterocycles. The van der Waals surface area contributed by atoms with Gasteiger partial charge in [0.15, 0.2) is 0 Å². The summed E-state index contributed by atoms with van der Waals surface area (Å²) in [5, 5.41) is 20.0. The molecular formula is C23H20N4O3S. The molecule has 1 unspecified atom stereocenters. The van der Waals surface area contributed by atoms with Crippen LogP contribution < -0.4 is 5.32 Å². The maximum Gasteiger partial charge on any atom is 0.269 e. The first-order valence-corrected chi connectivity index (χ1v) is 10.6. The monoisotopic (exact) mass is 432 g/mol. The van der Waals surface area contributed by atoms with Gasteiger partial charge >= 0.3 is 0 Å². The second kappa shape index (κ2) is 9.01. The third kappa shape index (κ3) is 4.75. The summed E-state index contributed by atoms with van der Waals surface area (Å²) in [6, 6.07) is 22.3. The molecule has 3 aromatic carbocycles. The Hall–Kier alpha value is -3.65. The number of nitro groups is 1. The minimum atomic E-state index is -0.443. The van der Waals surface area contributed by atoms with Gasteiger partial charge in [-0.1, -0.05) is 42.5 Å². The fourth-order valence-corrected chi connectivity index (χ4v) is 4.16. The van der Waals surface area contributed by atoms with Crippen LogP contribution >= 0.6 is 11.8 Å². The summed E-state index contributed by atoms with van der Waals surface area (Å²) in [5.41, 5.74) is 1.14. The number of nitrogens with zero attached hydrogens (tertiary/aromatic N) is 3. The molecule has 0 radical (unpaired) electrons. The summed E-state index contributed by atoms with van der Waals surface area (Å²) in [4.78, 5) is 23.9. The number of nitro benzene ring substituents is 1. The molecule has 1 heterocycles. The van der Waals surface area contributed by atoms with E-state index in [0.717, 1.165) is 21.2 Å². The zero-order valence-electron chi connectivity index (χ0n) is 16.8. The van der Waals surface area contributed by atoms with Crippen molar-refractivity contribution in [2.75, 3.05) is 5.32 Å². The number of rotatable bonds is 7. The number of aromatic nitrogens is 2. The number of benzene rings is 3. The third-order valence-corrected chi connectivity index (χ3v) is 6.01. The number of hydrogen-bond donors (Lipinski definition) is 1. The van der Waals surface area contributed by atoms with E-state index in [4.69, 9.17) is 0 Å². The van der Waals surface area contributed by atoms with E-state index in [0.29, 0.717) is 12.4 Å². The van der Waals surface area contributed by atoms with E-state index in [1.807, 2.05) is 18.2 Å². The van der Waals surface area contributed by atoms with Crippen molar-refractivity contribution >= 4 is 39.9 Å². The van der Waals surface area contributed by atoms with E-state index in [-0.39, 0.29) is 16.8 Å². The average molecular weight is 433 g/mol. The standard InChI is InChI=1S/C23H20N4O3S/c1-16(31-20-11-9-19(10-12-20)27(29)30)23(28)25-22-13-14-24-26(22)15-18-7-4-6-17-5-2-3-8-21(17)18/h2-14,16H,15H2,1H3,(H,25,28). The van der Waals surface area contributed by atoms with Gasteiger partial charge in [-0.05, 0) is 35.4 Å². The largest absolute Gasteiger partial charge is 0.310 e. The summed E-state index contributed by atoms with van der Waals surface area (Å²) in [6.45, 7) is 2.33. The van der Waals surface area contributed by atoms with Gasteiger partial charge in [-0.2, -0.15) is 5.10 Å². The molecule has 8 heteroatoms. The molecule has 156 valence electrons. The number of amides is 1. The van der Waals surface area contributed by atoms with Crippen molar-refractivity contribution < 1.29 is 9.72 Å². The van der Waals surface area contributed by atoms with Crippen molar-refractivity contribution in [3.8, 4) is 0 Å². The highest BCUT2D eigenvalue weighted by molar-refractivity contribution is 8.00. The topological polar surface area (TPSA) is 90.1 Å². The van der Waals surface area contributed by atoms with E-state index in [9.17, 15) is 14.9 Å². The van der Waals surface area contributed by atoms with Gasteiger partial charge in [0.05, 0.1) is 22.9 Å². The van der Waals surface area contributed by atoms with Crippen LogP contribution in [0.4, 0.5) is 11.5 Å². The van der Waals surface area contributed by atoms with Crippen LogP contribution in [0.2, 0.25) is 0 Å². The summed E-state index contributed by atoms with van der Waals surface area (Å²) < 4.78 is 1.77. The zero-order valence-corrected chi connectivity index (χ0v) is 17.6. The molecule has 0 aliphatic carbocycles. The molecule has 0 aliphatic rings. The van der Waals surface area contributed by atoms with Crippen LogP contribution in [-0.4, -0.2) is 25.9 Å². The number of fused-ring (bicyclic) bond motifs is 1. The molecule has 7 nitrogen and oxygen atoms in total. The first-order chi connectivity index (χ1) is 15.0. The minimum absolute atomic E-state index is 0.0267. The minimum Gasteiger partial charge on any atom is -0.310 e. The molecule has 4 aromatic rings. The molecule has 1 amide bonds. The van der Waals surface area contributed by atoms with Crippen LogP contribution in [0.15, 0.2) is 83.9 Å². The maximum atomic E-state index is 12.7. The summed E-state index contributed by atoms with van der Waals surface area (Å²) >= 11 is 1.34. The van der Waals surface area contributed by atoms with E-state index >= 15 is 0 Å². The molecule has 31 heavy (non-hydrogen) atoms. The SMILES string of the molecule is CC(Sc1ccc([N+](=O)[O-])cc1)C(=O)Nc1ccnn1Cc1cccc2ccccc12. The second-order valence-corrected chi connectivity index (χ2v) is 8.43. The summed E-state index contributed by atoms with van der Waals surface area (Å²) in [5.74, 6) is 0.456. The second-order valence-electron chi connectivity index (χ2n) is 7.01. The van der Waals surface area contributed by atoms with Crippen LogP contribution in [0.3, 0.4) is 0 Å². The lowest BCUT2D eigenvalue weighted by atomic mass is 10.0. The van der Waals surface area contributed by atoms with E-state index in [2.05, 4.69) is 34.7 Å². The Balaban J connectivity index is 1.45. The Kier molecular flexibility index (Phi) is 5.99. The lowest BCUT2D eigenvalue weighted by molar-refractivity contribution is -0.384. The number of nitrogens with one attached hydrogen (secondary N) is 1. The highest BCUT2D eigenvalue weighted by Crippen LogP contribution is 2.26. The fraction of sp³-hybridized carbons (Fsp3) is 0.130. The number of carbonyl (C=O) groups is 1. The Bertz CT molecular complexity index is 1230. The highest BCUT2D eigenvalue weighted by Gasteiger charge is 2.17. The first kappa shape index (κ1) is 20.6. The van der Waals surface area contributed by atoms with Gasteiger partial charge in [0.1, 0.15) is 5.82 Å². The number of thioether (sulfide) groups is 1. The lowest BCUT2D eigenvalue weighted by Crippen LogP contribution is -2.24. The van der Waals surface area contributed by atoms with Gasteiger partial charge in [-0.15, -0.1) is 11.8 Å². The Morgan fingerprint density at radius 1 is 1.10 bits per heavy atom. The van der Waals surface area contributed by atoms with E-state index in [1.165, 1.54) is 23.9 Å². The van der Waals surface area contributed by atoms with Crippen LogP contribution in [0.25, 0.3) is 10.8 Å². The van der Waals surface area contributed by atoms with Crippen LogP contribution in [0.1, 0.15) is 12.5 Å². The summed E-state index contributed by atoms with van der Waals surface area (Å²) in [7, 11) is 0. The number of carbonyl (C=O) groups excluding carboxylic acids is 1. The Labute approximate surface area is 183 Å². The predicted octanol–water partition coefficient (Wildman–Crippen LogP) is 5.11. The van der Waals surface area contributed by atoms with Crippen LogP contribution in [0.5, 0.6) is 0 Å². The van der Waals surface area contributed by atoms with Gasteiger partial charge in [-0.3, -0.25) is 14.9 Å². The highest BCUT2D eigenvalue weighted by atomic mass is 32.2. The quantitative estimate of drug-likeness (QED) is 0.249. The lowest BCUT2D eigenvalue weighted by Gasteiger charge is -2.14. The molecule has 0 saturated carbocycles. The van der Waals surface area contributed by atoms with E-state index < -0.39 is 4.92 Å². The third-order valence-electron chi connectivity index (χ3n) is 4.90. The molecule has 4 rings (SSSR count). The molecule has 1 atom stereocenters. The molecule has 0 aliphatic heterocycles. The van der Waals surface area contributed by atoms with Crippen molar-refractivity contribution in [2.45, 2.75) is 23.6 Å². The van der Waals surface area contributed by atoms with Gasteiger partial charge in [0, 0.05) is 23.1 Å². The predicted molar refractivity (Wildman–Crippen MR) is 122 cm³/mol. The van der Waals surface area contributed by atoms with Gasteiger partial charge in [0.25, 0.3) is 5.69 Å². The van der Waals surface area contributed by atoms with Crippen molar-refractivity contribution in [3.63, 3.8) is 0 Å². The number of non-ortho nitro benzene ring substituents is 1. The van der Waals surface area contributed by atoms with Crippen molar-refractivity contribution in [1.29, 1.82) is 0 Å². The maximum absolute atomic E-state index is 12.7. The van der Waals surface area contributed by atoms with Gasteiger partial charge < -0.3 is 5.32 Å². The number of hydrogen-bond acceptors (Lipinski definition) is 5. The zero-order chi connectivity index (χ0) is 21.8. The smallest absolute Gasteiger partial charge is 0.269 e. The molecule has 0 spiro atoms. The number of anilines is 1. The average Bonchev–Trinajstić information content (AvgIpc) is 3.20.